The highest BCUT2D eigenvalue weighted by Crippen LogP contribution is 2.26. The molecule has 29 heavy (non-hydrogen) atoms. The predicted octanol–water partition coefficient (Wildman–Crippen LogP) is 3.62. The fraction of sp³-hybridized carbons (Fsp3) is 0.238. The minimum Gasteiger partial charge on any atom is -0.494 e. The van der Waals surface area contributed by atoms with Crippen molar-refractivity contribution < 1.29 is 14.3 Å². The predicted molar refractivity (Wildman–Crippen MR) is 113 cm³/mol. The summed E-state index contributed by atoms with van der Waals surface area (Å²) in [5, 5.41) is 5.13. The van der Waals surface area contributed by atoms with Crippen LogP contribution < -0.4 is 10.1 Å². The van der Waals surface area contributed by atoms with Crippen LogP contribution in [0.1, 0.15) is 23.0 Å². The van der Waals surface area contributed by atoms with Gasteiger partial charge in [0, 0.05) is 24.2 Å². The van der Waals surface area contributed by atoms with Gasteiger partial charge in [0.25, 0.3) is 5.91 Å². The molecule has 7 nitrogen and oxygen atoms in total. The van der Waals surface area contributed by atoms with Crippen molar-refractivity contribution in [1.82, 2.24) is 14.9 Å². The van der Waals surface area contributed by atoms with E-state index in [2.05, 4.69) is 15.3 Å². The molecule has 0 unspecified atom stereocenters. The Balaban J connectivity index is 1.62. The number of benzene rings is 1. The standard InChI is InChI=1S/C21H22N4O3S/c1-4-28-16-7-5-15(6-8-16)20-23-17(13-29-20)21(27)25(3)12-19(26)24-18-11-14(2)9-10-22-18/h5-11,13H,4,12H2,1-3H3,(H,22,24,26). The Kier molecular flexibility index (Phi) is 6.56. The van der Waals surface area contributed by atoms with Gasteiger partial charge >= 0.3 is 0 Å². The summed E-state index contributed by atoms with van der Waals surface area (Å²) >= 11 is 1.38. The van der Waals surface area contributed by atoms with Crippen LogP contribution in [-0.4, -0.2) is 46.9 Å². The lowest BCUT2D eigenvalue weighted by Crippen LogP contribution is -2.35. The quantitative estimate of drug-likeness (QED) is 0.643. The van der Waals surface area contributed by atoms with Crippen molar-refractivity contribution in [2.75, 3.05) is 25.5 Å². The van der Waals surface area contributed by atoms with E-state index in [0.29, 0.717) is 18.1 Å². The summed E-state index contributed by atoms with van der Waals surface area (Å²) in [7, 11) is 1.57. The summed E-state index contributed by atoms with van der Waals surface area (Å²) in [6.07, 6.45) is 1.62. The number of carbonyl (C=O) groups excluding carboxylic acids is 2. The minimum absolute atomic E-state index is 0.0929. The number of hydrogen-bond acceptors (Lipinski definition) is 6. The Morgan fingerprint density at radius 1 is 1.21 bits per heavy atom. The largest absolute Gasteiger partial charge is 0.494 e. The van der Waals surface area contributed by atoms with E-state index in [-0.39, 0.29) is 18.4 Å². The molecule has 1 N–H and O–H groups in total. The van der Waals surface area contributed by atoms with E-state index in [4.69, 9.17) is 4.74 Å². The lowest BCUT2D eigenvalue weighted by Gasteiger charge is -2.15. The molecule has 0 spiro atoms. The first-order valence-electron chi connectivity index (χ1n) is 9.13. The van der Waals surface area contributed by atoms with E-state index in [0.717, 1.165) is 21.9 Å². The van der Waals surface area contributed by atoms with E-state index in [9.17, 15) is 9.59 Å². The topological polar surface area (TPSA) is 84.4 Å². The zero-order valence-corrected chi connectivity index (χ0v) is 17.3. The molecule has 8 heteroatoms. The van der Waals surface area contributed by atoms with E-state index in [1.807, 2.05) is 44.2 Å². The van der Waals surface area contributed by atoms with Gasteiger partial charge in [-0.15, -0.1) is 11.3 Å². The molecule has 0 bridgehead atoms. The number of ether oxygens (including phenoxy) is 1. The number of rotatable bonds is 7. The second-order valence-electron chi connectivity index (χ2n) is 6.42. The van der Waals surface area contributed by atoms with Crippen LogP contribution in [0.2, 0.25) is 0 Å². The van der Waals surface area contributed by atoms with Crippen LogP contribution >= 0.6 is 11.3 Å². The van der Waals surface area contributed by atoms with Crippen molar-refractivity contribution >= 4 is 29.0 Å². The zero-order chi connectivity index (χ0) is 20.8. The van der Waals surface area contributed by atoms with Crippen molar-refractivity contribution in [3.05, 3.63) is 59.2 Å². The van der Waals surface area contributed by atoms with Gasteiger partial charge in [0.1, 0.15) is 22.3 Å². The molecule has 2 amide bonds. The molecule has 3 rings (SSSR count). The Bertz CT molecular complexity index is 1000. The SMILES string of the molecule is CCOc1ccc(-c2nc(C(=O)N(C)CC(=O)Nc3cc(C)ccn3)cs2)cc1. The average Bonchev–Trinajstić information content (AvgIpc) is 3.18. The number of pyridine rings is 1. The minimum atomic E-state index is -0.319. The number of aryl methyl sites for hydroxylation is 1. The highest BCUT2D eigenvalue weighted by atomic mass is 32.1. The summed E-state index contributed by atoms with van der Waals surface area (Å²) in [5.74, 6) is 0.618. The van der Waals surface area contributed by atoms with Crippen LogP contribution in [0.5, 0.6) is 5.75 Å². The second kappa shape index (κ2) is 9.29. The van der Waals surface area contributed by atoms with Gasteiger partial charge in [0.05, 0.1) is 13.2 Å². The highest BCUT2D eigenvalue weighted by Gasteiger charge is 2.18. The molecule has 2 heterocycles. The van der Waals surface area contributed by atoms with Gasteiger partial charge in [-0.1, -0.05) is 0 Å². The van der Waals surface area contributed by atoms with Gasteiger partial charge in [0.15, 0.2) is 0 Å². The number of thiazole rings is 1. The Morgan fingerprint density at radius 3 is 2.66 bits per heavy atom. The maximum absolute atomic E-state index is 12.6. The van der Waals surface area contributed by atoms with E-state index in [1.54, 1.807) is 24.7 Å². The third-order valence-electron chi connectivity index (χ3n) is 4.05. The van der Waals surface area contributed by atoms with Crippen molar-refractivity contribution in [2.24, 2.45) is 0 Å². The molecule has 0 atom stereocenters. The maximum Gasteiger partial charge on any atom is 0.273 e. The number of anilines is 1. The van der Waals surface area contributed by atoms with Gasteiger partial charge < -0.3 is 15.0 Å². The smallest absolute Gasteiger partial charge is 0.273 e. The molecule has 3 aromatic rings. The first kappa shape index (κ1) is 20.5. The summed E-state index contributed by atoms with van der Waals surface area (Å²) in [6, 6.07) is 11.2. The molecule has 1 aromatic carbocycles. The molecule has 150 valence electrons. The van der Waals surface area contributed by atoms with Crippen molar-refractivity contribution in [3.63, 3.8) is 0 Å². The Hall–Kier alpha value is -3.26. The Morgan fingerprint density at radius 2 is 1.97 bits per heavy atom. The number of hydrogen-bond donors (Lipinski definition) is 1. The number of nitrogens with zero attached hydrogens (tertiary/aromatic N) is 3. The highest BCUT2D eigenvalue weighted by molar-refractivity contribution is 7.13. The zero-order valence-electron chi connectivity index (χ0n) is 16.5. The summed E-state index contributed by atoms with van der Waals surface area (Å²) < 4.78 is 5.44. The average molecular weight is 410 g/mol. The van der Waals surface area contributed by atoms with Crippen molar-refractivity contribution in [3.8, 4) is 16.3 Å². The maximum atomic E-state index is 12.6. The molecular weight excluding hydrogens is 388 g/mol. The van der Waals surface area contributed by atoms with Gasteiger partial charge in [-0.3, -0.25) is 9.59 Å². The number of aromatic nitrogens is 2. The van der Waals surface area contributed by atoms with E-state index >= 15 is 0 Å². The first-order valence-corrected chi connectivity index (χ1v) is 10.0. The number of likely N-dealkylation sites (N-methyl/N-ethyl adjacent to an activating group) is 1. The first-order chi connectivity index (χ1) is 14.0. The lowest BCUT2D eigenvalue weighted by atomic mass is 10.2. The number of amides is 2. The Labute approximate surface area is 173 Å². The third kappa shape index (κ3) is 5.39. The summed E-state index contributed by atoms with van der Waals surface area (Å²) in [6.45, 7) is 4.36. The normalized spacial score (nSPS) is 10.4. The van der Waals surface area contributed by atoms with Crippen LogP contribution in [-0.2, 0) is 4.79 Å². The monoisotopic (exact) mass is 410 g/mol. The second-order valence-corrected chi connectivity index (χ2v) is 7.28. The lowest BCUT2D eigenvalue weighted by molar-refractivity contribution is -0.116. The number of nitrogens with one attached hydrogen (secondary N) is 1. The van der Waals surface area contributed by atoms with Gasteiger partial charge in [-0.2, -0.15) is 0 Å². The fourth-order valence-electron chi connectivity index (χ4n) is 2.63. The molecule has 0 aliphatic rings. The van der Waals surface area contributed by atoms with Crippen molar-refractivity contribution in [1.29, 1.82) is 0 Å². The van der Waals surface area contributed by atoms with Gasteiger partial charge in [-0.25, -0.2) is 9.97 Å². The summed E-state index contributed by atoms with van der Waals surface area (Å²) in [5.41, 5.74) is 2.20. The number of carbonyl (C=O) groups is 2. The molecule has 0 radical (unpaired) electrons. The van der Waals surface area contributed by atoms with Crippen LogP contribution in [0, 0.1) is 6.92 Å². The van der Waals surface area contributed by atoms with E-state index in [1.165, 1.54) is 16.2 Å². The van der Waals surface area contributed by atoms with Crippen LogP contribution in [0.25, 0.3) is 10.6 Å². The molecule has 0 aliphatic heterocycles. The van der Waals surface area contributed by atoms with Gasteiger partial charge in [0.2, 0.25) is 5.91 Å². The molecule has 0 saturated carbocycles. The van der Waals surface area contributed by atoms with Crippen LogP contribution in [0.4, 0.5) is 5.82 Å². The molecular formula is C21H22N4O3S. The van der Waals surface area contributed by atoms with Gasteiger partial charge in [-0.05, 0) is 55.8 Å². The molecule has 0 saturated heterocycles. The van der Waals surface area contributed by atoms with E-state index < -0.39 is 0 Å². The summed E-state index contributed by atoms with van der Waals surface area (Å²) in [4.78, 5) is 34.7. The van der Waals surface area contributed by atoms with Crippen LogP contribution in [0.15, 0.2) is 48.0 Å². The third-order valence-corrected chi connectivity index (χ3v) is 4.94. The molecule has 0 fully saturated rings. The fourth-order valence-corrected chi connectivity index (χ4v) is 3.43. The molecule has 0 aliphatic carbocycles. The van der Waals surface area contributed by atoms with Crippen molar-refractivity contribution in [2.45, 2.75) is 13.8 Å². The van der Waals surface area contributed by atoms with Crippen LogP contribution in [0.3, 0.4) is 0 Å². The molecule has 2 aromatic heterocycles.